The first-order chi connectivity index (χ1) is 16.1. The van der Waals surface area contributed by atoms with Gasteiger partial charge in [-0.2, -0.15) is 0 Å². The van der Waals surface area contributed by atoms with E-state index in [9.17, 15) is 23.5 Å². The summed E-state index contributed by atoms with van der Waals surface area (Å²) in [5, 5.41) is 13.0. The van der Waals surface area contributed by atoms with Gasteiger partial charge in [0, 0.05) is 42.8 Å². The molecule has 1 spiro atoms. The Bertz CT molecular complexity index is 1360. The second kappa shape index (κ2) is 7.82. The molecule has 0 amide bonds. The van der Waals surface area contributed by atoms with Crippen molar-refractivity contribution >= 4 is 22.7 Å². The lowest BCUT2D eigenvalue weighted by molar-refractivity contribution is -0.0523. The van der Waals surface area contributed by atoms with Crippen molar-refractivity contribution < 1.29 is 18.7 Å². The highest BCUT2D eigenvalue weighted by molar-refractivity contribution is 5.91. The Morgan fingerprint density at radius 2 is 1.85 bits per heavy atom. The quantitative estimate of drug-likeness (QED) is 0.589. The summed E-state index contributed by atoms with van der Waals surface area (Å²) in [5.74, 6) is -3.18. The number of aromatic carboxylic acids is 1. The minimum atomic E-state index is -2.67. The van der Waals surface area contributed by atoms with Crippen LogP contribution < -0.4 is 10.9 Å². The number of carboxylic acid groups (broad SMARTS) is 1. The van der Waals surface area contributed by atoms with Crippen molar-refractivity contribution in [3.8, 4) is 0 Å². The number of halogens is 2. The first-order valence-corrected chi connectivity index (χ1v) is 11.3. The Labute approximate surface area is 194 Å². The maximum absolute atomic E-state index is 13.9. The molecule has 10 heteroatoms. The molecule has 0 radical (unpaired) electrons. The second-order valence-corrected chi connectivity index (χ2v) is 9.45. The first kappa shape index (κ1) is 22.4. The van der Waals surface area contributed by atoms with E-state index in [1.54, 1.807) is 10.6 Å². The van der Waals surface area contributed by atoms with Gasteiger partial charge in [-0.05, 0) is 44.7 Å². The molecular weight excluding hydrogens is 444 g/mol. The molecule has 1 atom stereocenters. The number of nitrogens with one attached hydrogen (secondary N) is 1. The second-order valence-electron chi connectivity index (χ2n) is 9.45. The van der Waals surface area contributed by atoms with Crippen LogP contribution in [-0.4, -0.2) is 36.5 Å². The molecule has 0 saturated heterocycles. The number of benzene rings is 1. The molecule has 2 aliphatic rings. The van der Waals surface area contributed by atoms with Crippen molar-refractivity contribution in [2.45, 2.75) is 69.9 Å². The summed E-state index contributed by atoms with van der Waals surface area (Å²) >= 11 is 0. The Hall–Kier alpha value is -3.43. The predicted molar refractivity (Wildman–Crippen MR) is 121 cm³/mol. The Balaban J connectivity index is 1.62. The van der Waals surface area contributed by atoms with Crippen LogP contribution in [0.15, 0.2) is 29.3 Å². The fourth-order valence-electron chi connectivity index (χ4n) is 5.33. The molecule has 1 aliphatic heterocycles. The third-order valence-corrected chi connectivity index (χ3v) is 7.18. The maximum atomic E-state index is 13.9. The summed E-state index contributed by atoms with van der Waals surface area (Å²) in [6.45, 7) is 4.18. The van der Waals surface area contributed by atoms with Crippen LogP contribution in [0.2, 0.25) is 0 Å². The predicted octanol–water partition coefficient (Wildman–Crippen LogP) is 4.22. The molecule has 1 aliphatic carbocycles. The molecule has 0 bridgehead atoms. The van der Waals surface area contributed by atoms with E-state index in [2.05, 4.69) is 15.3 Å². The van der Waals surface area contributed by atoms with Gasteiger partial charge < -0.3 is 10.4 Å². The van der Waals surface area contributed by atoms with Gasteiger partial charge in [0.15, 0.2) is 11.5 Å². The van der Waals surface area contributed by atoms with Gasteiger partial charge in [0.1, 0.15) is 5.82 Å². The first-order valence-electron chi connectivity index (χ1n) is 11.3. The number of anilines is 1. The normalized spacial score (nSPS) is 19.2. The van der Waals surface area contributed by atoms with Gasteiger partial charge in [-0.15, -0.1) is 0 Å². The van der Waals surface area contributed by atoms with Gasteiger partial charge >= 0.3 is 5.97 Å². The monoisotopic (exact) mass is 469 g/mol. The van der Waals surface area contributed by atoms with Gasteiger partial charge in [0.25, 0.3) is 5.56 Å². The number of rotatable bonds is 4. The highest BCUT2D eigenvalue weighted by Gasteiger charge is 2.49. The van der Waals surface area contributed by atoms with Crippen LogP contribution in [0.3, 0.4) is 0 Å². The van der Waals surface area contributed by atoms with Gasteiger partial charge in [0.05, 0.1) is 16.9 Å². The van der Waals surface area contributed by atoms with Crippen molar-refractivity contribution in [2.75, 3.05) is 5.32 Å². The lowest BCUT2D eigenvalue weighted by Crippen LogP contribution is -2.37. The summed E-state index contributed by atoms with van der Waals surface area (Å²) in [7, 11) is 0. The van der Waals surface area contributed by atoms with Gasteiger partial charge in [-0.25, -0.2) is 28.5 Å². The number of aryl methyl sites for hydroxylation is 1. The standard InChI is InChI=1S/C24H25F2N5O3/c1-13-11-15(14(2)29-19-18(21(33)34)27-8-9-28-19)17-16(12-13)20(32)31-10-7-23(22(31)30-17)3-5-24(25,26)6-4-23/h8-9,11-12,14H,3-7,10H2,1-2H3,(H,28,29)(H,33,34)/t14-/m1/s1. The fraction of sp³-hybridized carbons (Fsp3) is 0.458. The molecular formula is C24H25F2N5O3. The smallest absolute Gasteiger partial charge is 0.358 e. The van der Waals surface area contributed by atoms with Crippen molar-refractivity contribution in [1.82, 2.24) is 19.5 Å². The van der Waals surface area contributed by atoms with Crippen LogP contribution in [-0.2, 0) is 12.0 Å². The lowest BCUT2D eigenvalue weighted by Gasteiger charge is -2.36. The number of carboxylic acids is 1. The molecule has 1 aromatic carbocycles. The highest BCUT2D eigenvalue weighted by Crippen LogP contribution is 2.49. The summed E-state index contributed by atoms with van der Waals surface area (Å²) < 4.78 is 29.5. The zero-order chi connectivity index (χ0) is 24.3. The van der Waals surface area contributed by atoms with Gasteiger partial charge in [-0.1, -0.05) is 6.07 Å². The molecule has 178 valence electrons. The molecule has 5 rings (SSSR count). The van der Waals surface area contributed by atoms with E-state index in [4.69, 9.17) is 4.98 Å². The summed E-state index contributed by atoms with van der Waals surface area (Å²) in [6.07, 6.45) is 3.53. The van der Waals surface area contributed by atoms with E-state index in [0.717, 1.165) is 5.56 Å². The van der Waals surface area contributed by atoms with Crippen LogP contribution in [0.25, 0.3) is 10.9 Å². The Morgan fingerprint density at radius 3 is 2.56 bits per heavy atom. The molecule has 8 nitrogen and oxygen atoms in total. The number of hydrogen-bond donors (Lipinski definition) is 2. The number of nitrogens with zero attached hydrogens (tertiary/aromatic N) is 4. The van der Waals surface area contributed by atoms with E-state index < -0.39 is 23.3 Å². The summed E-state index contributed by atoms with van der Waals surface area (Å²) in [5.41, 5.74) is 1.18. The minimum absolute atomic E-state index is 0.112. The van der Waals surface area contributed by atoms with Crippen molar-refractivity contribution in [3.05, 3.63) is 57.5 Å². The molecule has 1 saturated carbocycles. The Kier molecular flexibility index (Phi) is 5.14. The summed E-state index contributed by atoms with van der Waals surface area (Å²) in [6, 6.07) is 3.25. The maximum Gasteiger partial charge on any atom is 0.358 e. The van der Waals surface area contributed by atoms with Gasteiger partial charge in [-0.3, -0.25) is 9.36 Å². The van der Waals surface area contributed by atoms with E-state index in [0.29, 0.717) is 48.1 Å². The average Bonchev–Trinajstić information content (AvgIpc) is 3.15. The topological polar surface area (TPSA) is 110 Å². The SMILES string of the molecule is Cc1cc([C@@H](C)Nc2nccnc2C(=O)O)c2nc3n(c(=O)c2c1)CCC31CCC(F)(F)CC1. The zero-order valence-corrected chi connectivity index (χ0v) is 18.9. The van der Waals surface area contributed by atoms with E-state index in [1.807, 2.05) is 19.9 Å². The molecule has 2 aromatic heterocycles. The van der Waals surface area contributed by atoms with Crippen LogP contribution in [0.5, 0.6) is 0 Å². The van der Waals surface area contributed by atoms with Crippen LogP contribution in [0.1, 0.15) is 72.5 Å². The van der Waals surface area contributed by atoms with Gasteiger partial charge in [0.2, 0.25) is 5.92 Å². The fourth-order valence-corrected chi connectivity index (χ4v) is 5.33. The molecule has 3 aromatic rings. The van der Waals surface area contributed by atoms with Crippen LogP contribution >= 0.6 is 0 Å². The number of alkyl halides is 2. The largest absolute Gasteiger partial charge is 0.476 e. The highest BCUT2D eigenvalue weighted by atomic mass is 19.3. The van der Waals surface area contributed by atoms with E-state index >= 15 is 0 Å². The molecule has 34 heavy (non-hydrogen) atoms. The number of aromatic nitrogens is 4. The lowest BCUT2D eigenvalue weighted by atomic mass is 9.71. The van der Waals surface area contributed by atoms with E-state index in [1.165, 1.54) is 12.4 Å². The minimum Gasteiger partial charge on any atom is -0.476 e. The summed E-state index contributed by atoms with van der Waals surface area (Å²) in [4.78, 5) is 37.9. The third-order valence-electron chi connectivity index (χ3n) is 7.18. The number of fused-ring (bicyclic) bond motifs is 3. The number of hydrogen-bond acceptors (Lipinski definition) is 6. The van der Waals surface area contributed by atoms with Crippen LogP contribution in [0, 0.1) is 6.92 Å². The number of carbonyl (C=O) groups is 1. The van der Waals surface area contributed by atoms with E-state index in [-0.39, 0.29) is 29.9 Å². The molecule has 0 unspecified atom stereocenters. The molecule has 2 N–H and O–H groups in total. The zero-order valence-electron chi connectivity index (χ0n) is 18.9. The van der Waals surface area contributed by atoms with Crippen molar-refractivity contribution in [3.63, 3.8) is 0 Å². The molecule has 1 fully saturated rings. The Morgan fingerprint density at radius 1 is 1.15 bits per heavy atom. The van der Waals surface area contributed by atoms with Crippen LogP contribution in [0.4, 0.5) is 14.6 Å². The average molecular weight is 469 g/mol. The van der Waals surface area contributed by atoms with Crippen molar-refractivity contribution in [1.29, 1.82) is 0 Å². The van der Waals surface area contributed by atoms with Crippen molar-refractivity contribution in [2.24, 2.45) is 0 Å². The third kappa shape index (κ3) is 3.61. The molecule has 3 heterocycles.